The summed E-state index contributed by atoms with van der Waals surface area (Å²) in [5.41, 5.74) is 0.561. The standard InChI is InChI=1S/C23H21F3N2O4/c1-13-6-11-16(22(31)32)17(12-13)21(30)28-19-5-3-2-4-18(19)27-20(29)14-7-9-15(10-8-14)23(24,25)26/h2-10,16-17H,11-12H2,1H3,(H,27,29)(H,28,30)(H,31,32)/t16-,17-/m1/s1. The predicted molar refractivity (Wildman–Crippen MR) is 112 cm³/mol. The molecule has 0 spiro atoms. The number of carbonyl (C=O) groups is 3. The van der Waals surface area contributed by atoms with Crippen LogP contribution in [0.25, 0.3) is 0 Å². The van der Waals surface area contributed by atoms with Crippen molar-refractivity contribution in [3.8, 4) is 0 Å². The molecule has 0 aromatic heterocycles. The Labute approximate surface area is 182 Å². The van der Waals surface area contributed by atoms with Crippen LogP contribution in [-0.2, 0) is 15.8 Å². The molecule has 0 fully saturated rings. The molecule has 1 aliphatic rings. The van der Waals surface area contributed by atoms with Gasteiger partial charge in [-0.15, -0.1) is 0 Å². The topological polar surface area (TPSA) is 95.5 Å². The van der Waals surface area contributed by atoms with Crippen LogP contribution in [0.15, 0.2) is 60.2 Å². The number of anilines is 2. The van der Waals surface area contributed by atoms with Gasteiger partial charge in [0.15, 0.2) is 0 Å². The normalized spacial score (nSPS) is 18.4. The van der Waals surface area contributed by atoms with Gasteiger partial charge in [0.1, 0.15) is 0 Å². The molecular weight excluding hydrogens is 425 g/mol. The van der Waals surface area contributed by atoms with Gasteiger partial charge in [-0.25, -0.2) is 0 Å². The Kier molecular flexibility index (Phi) is 6.67. The average molecular weight is 446 g/mol. The second-order valence-corrected chi connectivity index (χ2v) is 7.61. The minimum atomic E-state index is -4.51. The molecule has 0 saturated heterocycles. The minimum absolute atomic E-state index is 0.0121. The Morgan fingerprint density at radius 2 is 1.53 bits per heavy atom. The minimum Gasteiger partial charge on any atom is -0.481 e. The first-order valence-corrected chi connectivity index (χ1v) is 9.83. The van der Waals surface area contributed by atoms with Gasteiger partial charge in [0.25, 0.3) is 5.91 Å². The Bertz CT molecular complexity index is 1060. The van der Waals surface area contributed by atoms with Crippen LogP contribution < -0.4 is 10.6 Å². The number of hydrogen-bond donors (Lipinski definition) is 3. The molecule has 2 atom stereocenters. The summed E-state index contributed by atoms with van der Waals surface area (Å²) in [7, 11) is 0. The van der Waals surface area contributed by atoms with Crippen LogP contribution in [0.2, 0.25) is 0 Å². The van der Waals surface area contributed by atoms with Gasteiger partial charge in [-0.05, 0) is 56.2 Å². The first-order valence-electron chi connectivity index (χ1n) is 9.83. The van der Waals surface area contributed by atoms with E-state index in [0.29, 0.717) is 6.42 Å². The van der Waals surface area contributed by atoms with E-state index in [9.17, 15) is 32.7 Å². The molecule has 168 valence electrons. The molecule has 0 saturated carbocycles. The quantitative estimate of drug-likeness (QED) is 0.566. The Hall–Kier alpha value is -3.62. The zero-order valence-corrected chi connectivity index (χ0v) is 17.1. The highest BCUT2D eigenvalue weighted by Crippen LogP contribution is 2.32. The Balaban J connectivity index is 1.76. The number of carbonyl (C=O) groups excluding carboxylic acids is 2. The summed E-state index contributed by atoms with van der Waals surface area (Å²) in [5, 5.41) is 14.7. The Morgan fingerprint density at radius 3 is 2.09 bits per heavy atom. The van der Waals surface area contributed by atoms with Crippen molar-refractivity contribution in [2.75, 3.05) is 10.6 Å². The van der Waals surface area contributed by atoms with Gasteiger partial charge in [0, 0.05) is 5.56 Å². The second kappa shape index (κ2) is 9.25. The smallest absolute Gasteiger partial charge is 0.416 e. The van der Waals surface area contributed by atoms with E-state index in [0.717, 1.165) is 29.8 Å². The van der Waals surface area contributed by atoms with Gasteiger partial charge in [-0.3, -0.25) is 14.4 Å². The van der Waals surface area contributed by atoms with Gasteiger partial charge in [-0.2, -0.15) is 13.2 Å². The lowest BCUT2D eigenvalue weighted by Gasteiger charge is -2.27. The van der Waals surface area contributed by atoms with E-state index in [1.165, 1.54) is 6.07 Å². The summed E-state index contributed by atoms with van der Waals surface area (Å²) >= 11 is 0. The summed E-state index contributed by atoms with van der Waals surface area (Å²) in [5.74, 6) is -3.82. The number of nitrogens with one attached hydrogen (secondary N) is 2. The monoisotopic (exact) mass is 446 g/mol. The lowest BCUT2D eigenvalue weighted by Crippen LogP contribution is -2.35. The molecule has 2 aromatic rings. The van der Waals surface area contributed by atoms with Crippen molar-refractivity contribution in [1.82, 2.24) is 0 Å². The molecule has 32 heavy (non-hydrogen) atoms. The van der Waals surface area contributed by atoms with Crippen LogP contribution in [0, 0.1) is 11.8 Å². The number of rotatable bonds is 5. The molecule has 3 rings (SSSR count). The molecule has 2 amide bonds. The van der Waals surface area contributed by atoms with E-state index in [-0.39, 0.29) is 23.4 Å². The second-order valence-electron chi connectivity index (χ2n) is 7.61. The lowest BCUT2D eigenvalue weighted by atomic mass is 9.79. The SMILES string of the molecule is CC1=CC[C@@H](C(=O)O)[C@H](C(=O)Nc2ccccc2NC(=O)c2ccc(C(F)(F)F)cc2)C1. The number of carboxylic acid groups (broad SMARTS) is 1. The van der Waals surface area contributed by atoms with Crippen LogP contribution >= 0.6 is 0 Å². The van der Waals surface area contributed by atoms with E-state index in [4.69, 9.17) is 0 Å². The van der Waals surface area contributed by atoms with Crippen LogP contribution in [0.3, 0.4) is 0 Å². The fourth-order valence-corrected chi connectivity index (χ4v) is 3.54. The summed E-state index contributed by atoms with van der Waals surface area (Å²) in [6.45, 7) is 1.83. The van der Waals surface area contributed by atoms with Crippen molar-refractivity contribution in [2.24, 2.45) is 11.8 Å². The van der Waals surface area contributed by atoms with E-state index < -0.39 is 41.4 Å². The zero-order chi connectivity index (χ0) is 23.5. The fraction of sp³-hybridized carbons (Fsp3) is 0.261. The highest BCUT2D eigenvalue weighted by molar-refractivity contribution is 6.07. The van der Waals surface area contributed by atoms with Crippen molar-refractivity contribution >= 4 is 29.2 Å². The maximum Gasteiger partial charge on any atom is 0.416 e. The average Bonchev–Trinajstić information content (AvgIpc) is 2.74. The third kappa shape index (κ3) is 5.35. The molecule has 2 aromatic carbocycles. The maximum atomic E-state index is 12.8. The molecule has 0 heterocycles. The number of allylic oxidation sites excluding steroid dienone is 2. The van der Waals surface area contributed by atoms with Crippen LogP contribution in [-0.4, -0.2) is 22.9 Å². The van der Waals surface area contributed by atoms with E-state index in [1.807, 2.05) is 6.92 Å². The van der Waals surface area contributed by atoms with E-state index >= 15 is 0 Å². The number of benzene rings is 2. The molecule has 1 aliphatic carbocycles. The van der Waals surface area contributed by atoms with Gasteiger partial charge in [-0.1, -0.05) is 23.8 Å². The molecule has 9 heteroatoms. The lowest BCUT2D eigenvalue weighted by molar-refractivity contribution is -0.146. The third-order valence-electron chi connectivity index (χ3n) is 5.31. The molecule has 3 N–H and O–H groups in total. The Morgan fingerprint density at radius 1 is 0.938 bits per heavy atom. The summed E-state index contributed by atoms with van der Waals surface area (Å²) in [6.07, 6.45) is -2.14. The molecule has 6 nitrogen and oxygen atoms in total. The van der Waals surface area contributed by atoms with Crippen LogP contribution in [0.5, 0.6) is 0 Å². The van der Waals surface area contributed by atoms with Gasteiger partial charge >= 0.3 is 12.1 Å². The summed E-state index contributed by atoms with van der Waals surface area (Å²) in [6, 6.07) is 10.1. The zero-order valence-electron chi connectivity index (χ0n) is 17.1. The number of carboxylic acids is 1. The number of hydrogen-bond acceptors (Lipinski definition) is 3. The van der Waals surface area contributed by atoms with Gasteiger partial charge < -0.3 is 15.7 Å². The highest BCUT2D eigenvalue weighted by Gasteiger charge is 2.35. The maximum absolute atomic E-state index is 12.8. The van der Waals surface area contributed by atoms with Crippen molar-refractivity contribution in [2.45, 2.75) is 25.9 Å². The number of halogens is 3. The van der Waals surface area contributed by atoms with E-state index in [2.05, 4.69) is 10.6 Å². The molecule has 0 radical (unpaired) electrons. The fourth-order valence-electron chi connectivity index (χ4n) is 3.54. The van der Waals surface area contributed by atoms with Crippen LogP contribution in [0.4, 0.5) is 24.5 Å². The van der Waals surface area contributed by atoms with Crippen molar-refractivity contribution in [1.29, 1.82) is 0 Å². The van der Waals surface area contributed by atoms with E-state index in [1.54, 1.807) is 24.3 Å². The van der Waals surface area contributed by atoms with Crippen LogP contribution in [0.1, 0.15) is 35.7 Å². The van der Waals surface area contributed by atoms with Gasteiger partial charge in [0.05, 0.1) is 28.8 Å². The summed E-state index contributed by atoms with van der Waals surface area (Å²) in [4.78, 5) is 36.9. The number of alkyl halides is 3. The first kappa shape index (κ1) is 23.1. The van der Waals surface area contributed by atoms with Gasteiger partial charge in [0.2, 0.25) is 5.91 Å². The van der Waals surface area contributed by atoms with Crippen molar-refractivity contribution in [3.63, 3.8) is 0 Å². The summed E-state index contributed by atoms with van der Waals surface area (Å²) < 4.78 is 38.1. The highest BCUT2D eigenvalue weighted by atomic mass is 19.4. The number of aliphatic carboxylic acids is 1. The number of amides is 2. The third-order valence-corrected chi connectivity index (χ3v) is 5.31. The van der Waals surface area contributed by atoms with Crippen molar-refractivity contribution in [3.05, 3.63) is 71.3 Å². The molecule has 0 unspecified atom stereocenters. The first-order chi connectivity index (χ1) is 15.1. The molecular formula is C23H21F3N2O4. The van der Waals surface area contributed by atoms with Crippen molar-refractivity contribution < 1.29 is 32.7 Å². The predicted octanol–water partition coefficient (Wildman–Crippen LogP) is 4.95. The largest absolute Gasteiger partial charge is 0.481 e. The number of para-hydroxylation sites is 2. The molecule has 0 aliphatic heterocycles. The molecule has 0 bridgehead atoms.